The van der Waals surface area contributed by atoms with E-state index < -0.39 is 8.07 Å². The summed E-state index contributed by atoms with van der Waals surface area (Å²) in [6, 6.07) is 24.0. The van der Waals surface area contributed by atoms with Crippen molar-refractivity contribution in [1.29, 1.82) is 0 Å². The number of aryl methyl sites for hydroxylation is 3. The molecule has 0 bridgehead atoms. The molecule has 3 aromatic carbocycles. The van der Waals surface area contributed by atoms with E-state index in [0.717, 1.165) is 24.0 Å². The lowest BCUT2D eigenvalue weighted by molar-refractivity contribution is 0.0382. The molecule has 0 fully saturated rings. The van der Waals surface area contributed by atoms with E-state index in [-0.39, 0.29) is 12.1 Å². The fourth-order valence-electron chi connectivity index (χ4n) is 3.65. The summed E-state index contributed by atoms with van der Waals surface area (Å²) in [5, 5.41) is 0. The number of carbonyl (C=O) groups is 1. The number of rotatable bonds is 7. The van der Waals surface area contributed by atoms with Gasteiger partial charge in [0, 0.05) is 5.56 Å². The van der Waals surface area contributed by atoms with Gasteiger partial charge in [-0.25, -0.2) is 4.79 Å². The number of ether oxygens (including phenoxy) is 1. The second-order valence-electron chi connectivity index (χ2n) is 9.83. The van der Waals surface area contributed by atoms with Gasteiger partial charge in [0.25, 0.3) is 0 Å². The molecule has 0 aliphatic heterocycles. The lowest BCUT2D eigenvalue weighted by Crippen LogP contribution is -2.17. The first-order valence-corrected chi connectivity index (χ1v) is 15.3. The molecule has 0 aliphatic carbocycles. The Hall–Kier alpha value is -3.35. The Morgan fingerprint density at radius 2 is 1.59 bits per heavy atom. The van der Waals surface area contributed by atoms with Crippen molar-refractivity contribution < 1.29 is 9.53 Å². The molecule has 1 atom stereocenters. The van der Waals surface area contributed by atoms with Crippen LogP contribution in [0, 0.1) is 25.3 Å². The maximum Gasteiger partial charge on any atom is 0.338 e. The van der Waals surface area contributed by atoms with Gasteiger partial charge in [-0.15, -0.1) is 5.54 Å². The minimum atomic E-state index is -1.40. The fourth-order valence-corrected chi connectivity index (χ4v) is 4.17. The molecule has 0 amide bonds. The van der Waals surface area contributed by atoms with Crippen molar-refractivity contribution in [2.75, 3.05) is 0 Å². The van der Waals surface area contributed by atoms with Crippen LogP contribution in [0.15, 0.2) is 78.9 Å². The van der Waals surface area contributed by atoms with Crippen molar-refractivity contribution >= 4 is 20.1 Å². The molecule has 0 N–H and O–H groups in total. The van der Waals surface area contributed by atoms with Crippen LogP contribution in [0.4, 0.5) is 0 Å². The van der Waals surface area contributed by atoms with Crippen molar-refractivity contribution in [3.8, 4) is 11.5 Å². The van der Waals surface area contributed by atoms with Gasteiger partial charge in [-0.1, -0.05) is 91.3 Å². The Morgan fingerprint density at radius 1 is 0.941 bits per heavy atom. The molecule has 3 aromatic rings. The Kier molecular flexibility index (Phi) is 8.68. The highest BCUT2D eigenvalue weighted by Gasteiger charge is 2.14. The molecule has 0 saturated heterocycles. The van der Waals surface area contributed by atoms with Crippen LogP contribution in [0.2, 0.25) is 19.6 Å². The first-order chi connectivity index (χ1) is 16.2. The quantitative estimate of drug-likeness (QED) is 0.206. The van der Waals surface area contributed by atoms with Crippen LogP contribution in [-0.4, -0.2) is 20.1 Å². The largest absolute Gasteiger partial charge is 0.455 e. The molecule has 34 heavy (non-hydrogen) atoms. The summed E-state index contributed by atoms with van der Waals surface area (Å²) in [5.41, 5.74) is 9.82. The molecule has 3 rings (SSSR count). The van der Waals surface area contributed by atoms with Gasteiger partial charge in [0.15, 0.2) is 0 Å². The van der Waals surface area contributed by atoms with E-state index in [1.807, 2.05) is 42.5 Å². The van der Waals surface area contributed by atoms with Gasteiger partial charge in [0.2, 0.25) is 0 Å². The highest BCUT2D eigenvalue weighted by Crippen LogP contribution is 2.16. The van der Waals surface area contributed by atoms with E-state index in [4.69, 9.17) is 4.74 Å². The van der Waals surface area contributed by atoms with E-state index in [0.29, 0.717) is 5.56 Å². The fraction of sp³-hybridized carbons (Fsp3) is 0.258. The first-order valence-electron chi connectivity index (χ1n) is 11.8. The second-order valence-corrected chi connectivity index (χ2v) is 14.6. The van der Waals surface area contributed by atoms with Crippen molar-refractivity contribution in [3.05, 3.63) is 112 Å². The standard InChI is InChI=1S/C31H34O2Si/c1-24-21-25(2)23-28(22-24)16-18-30(33-31(32)29-9-7-6-8-10-29)17-15-26-11-13-27(14-12-26)19-20-34(3,4)5/h6-15,17,21-23,30H,16,18H2,1-5H3/b17-15+/t30-/m0/s1. The monoisotopic (exact) mass is 466 g/mol. The van der Waals surface area contributed by atoms with Gasteiger partial charge in [-0.05, 0) is 68.2 Å². The zero-order valence-electron chi connectivity index (χ0n) is 20.9. The van der Waals surface area contributed by atoms with Gasteiger partial charge in [-0.3, -0.25) is 0 Å². The number of hydrogen-bond acceptors (Lipinski definition) is 2. The average molecular weight is 467 g/mol. The molecule has 0 radical (unpaired) electrons. The molecule has 0 unspecified atom stereocenters. The molecule has 0 aromatic heterocycles. The van der Waals surface area contributed by atoms with Gasteiger partial charge in [0.05, 0.1) is 5.56 Å². The van der Waals surface area contributed by atoms with E-state index in [1.165, 1.54) is 16.7 Å². The van der Waals surface area contributed by atoms with E-state index in [1.54, 1.807) is 12.1 Å². The Labute approximate surface area is 205 Å². The molecular formula is C31H34O2Si. The minimum absolute atomic E-state index is 0.298. The third-order valence-electron chi connectivity index (χ3n) is 5.26. The number of benzene rings is 3. The number of carbonyl (C=O) groups excluding carboxylic acids is 1. The third-order valence-corrected chi connectivity index (χ3v) is 6.14. The second kappa shape index (κ2) is 11.7. The van der Waals surface area contributed by atoms with Crippen LogP contribution in [-0.2, 0) is 11.2 Å². The summed E-state index contributed by atoms with van der Waals surface area (Å²) in [4.78, 5) is 12.7. The van der Waals surface area contributed by atoms with Crippen LogP contribution in [0.5, 0.6) is 0 Å². The van der Waals surface area contributed by atoms with E-state index >= 15 is 0 Å². The lowest BCUT2D eigenvalue weighted by atomic mass is 10.0. The number of esters is 1. The van der Waals surface area contributed by atoms with E-state index in [9.17, 15) is 4.79 Å². The summed E-state index contributed by atoms with van der Waals surface area (Å²) < 4.78 is 5.90. The summed E-state index contributed by atoms with van der Waals surface area (Å²) in [5.74, 6) is 2.99. The van der Waals surface area contributed by atoms with Crippen molar-refractivity contribution in [3.63, 3.8) is 0 Å². The Balaban J connectivity index is 1.74. The van der Waals surface area contributed by atoms with Crippen molar-refractivity contribution in [2.24, 2.45) is 0 Å². The molecule has 0 aliphatic rings. The van der Waals surface area contributed by atoms with Crippen molar-refractivity contribution in [1.82, 2.24) is 0 Å². The summed E-state index contributed by atoms with van der Waals surface area (Å²) in [7, 11) is -1.40. The highest BCUT2D eigenvalue weighted by molar-refractivity contribution is 6.83. The van der Waals surface area contributed by atoms with Gasteiger partial charge < -0.3 is 4.74 Å². The number of hydrogen-bond donors (Lipinski definition) is 0. The molecule has 0 saturated carbocycles. The Morgan fingerprint density at radius 3 is 2.21 bits per heavy atom. The zero-order valence-corrected chi connectivity index (χ0v) is 21.9. The third kappa shape index (κ3) is 8.54. The average Bonchev–Trinajstić information content (AvgIpc) is 2.79. The smallest absolute Gasteiger partial charge is 0.338 e. The molecule has 0 spiro atoms. The van der Waals surface area contributed by atoms with Crippen LogP contribution in [0.25, 0.3) is 6.08 Å². The molecule has 174 valence electrons. The minimum Gasteiger partial charge on any atom is -0.455 e. The molecular weight excluding hydrogens is 432 g/mol. The van der Waals surface area contributed by atoms with Gasteiger partial charge in [0.1, 0.15) is 14.2 Å². The summed E-state index contributed by atoms with van der Waals surface area (Å²) in [6.45, 7) is 11.0. The van der Waals surface area contributed by atoms with Crippen molar-refractivity contribution in [2.45, 2.75) is 52.4 Å². The van der Waals surface area contributed by atoms with Crippen LogP contribution < -0.4 is 0 Å². The van der Waals surface area contributed by atoms with Gasteiger partial charge in [-0.2, -0.15) is 0 Å². The maximum atomic E-state index is 12.7. The molecule has 0 heterocycles. The maximum absolute atomic E-state index is 12.7. The normalized spacial score (nSPS) is 12.1. The van der Waals surface area contributed by atoms with Crippen LogP contribution in [0.3, 0.4) is 0 Å². The SMILES string of the molecule is Cc1cc(C)cc(CC[C@H](/C=C/c2ccc(C#C[Si](C)(C)C)cc2)OC(=O)c2ccccc2)c1. The zero-order chi connectivity index (χ0) is 24.6. The van der Waals surface area contributed by atoms with Crippen LogP contribution >= 0.6 is 0 Å². The van der Waals surface area contributed by atoms with E-state index in [2.05, 4.69) is 75.3 Å². The molecule has 3 heteroatoms. The lowest BCUT2D eigenvalue weighted by Gasteiger charge is -2.15. The highest BCUT2D eigenvalue weighted by atomic mass is 28.3. The predicted molar refractivity (Wildman–Crippen MR) is 146 cm³/mol. The first kappa shape index (κ1) is 25.3. The molecule has 2 nitrogen and oxygen atoms in total. The van der Waals surface area contributed by atoms with Crippen LogP contribution in [0.1, 0.15) is 44.6 Å². The van der Waals surface area contributed by atoms with Gasteiger partial charge >= 0.3 is 5.97 Å². The predicted octanol–water partition coefficient (Wildman–Crippen LogP) is 7.40. The summed E-state index contributed by atoms with van der Waals surface area (Å²) in [6.07, 6.45) is 5.26. The Bertz CT molecular complexity index is 1170. The topological polar surface area (TPSA) is 26.3 Å². The summed E-state index contributed by atoms with van der Waals surface area (Å²) >= 11 is 0.